The molecule has 7 nitrogen and oxygen atoms in total. The van der Waals surface area contributed by atoms with Gasteiger partial charge in [0.2, 0.25) is 15.6 Å². The smallest absolute Gasteiger partial charge is 0.384 e. The van der Waals surface area contributed by atoms with E-state index in [-0.39, 0.29) is 17.4 Å². The van der Waals surface area contributed by atoms with Gasteiger partial charge in [-0.3, -0.25) is 14.0 Å². The Morgan fingerprint density at radius 1 is 0.370 bits per heavy atom. The second-order valence-electron chi connectivity index (χ2n) is 33.5. The van der Waals surface area contributed by atoms with Gasteiger partial charge in [0.25, 0.3) is 5.91 Å². The van der Waals surface area contributed by atoms with Crippen LogP contribution in [0.3, 0.4) is 0 Å². The normalized spacial score (nSPS) is 10.9. The molecule has 1 N–H and O–H groups in total. The standard InChI is InChI=1S/C17H24OS2.C16H23NOS.C16H24O2S3.C16H22O2S2.C15H22S2.C15H20S2.2C13H10S2.CH3F/c1-4-6-7-14(5-2)8-10-16(18)11-9-15-12-20-13-17(15)19-3;1-4-6-7-14(5-2)10-17-16(18)9-8-15-12-19-11-13(15)3;1-4-6-7-14(5-2)8-10-21(17,18)11-9-15-12-20-13-16(15)19-3;1-4-6-7-13(5-2)10-18-16(17)9-8-14-11-20-12-15(14)19-3;2*1-3-4-5-6-7-8-9-10-11-14-12-17-13-15(14)16-2;2*1-14-13-10-15-9-12(13)8-7-11-5-3-2-4-6-11;1-2/h12-14H,4-8,10H2,1-3H3;11-12,14H,4-7,10H2,1-3H3,(H,17,18);12-14H,4-8,10H2,1-3H3;11-13H,4-7,10H2,1-3H3;12-13H,3-9H2,1-2H3;8-9,12-13H,3-7H2,1-2H3;2*2-6,9-10H,1H3;1H3/b;;;;;9-8+;;;. The second-order valence-corrected chi connectivity index (χ2v) is 47.3. The molecule has 2 aromatic carbocycles. The van der Waals surface area contributed by atoms with Crippen molar-refractivity contribution in [3.05, 3.63) is 220 Å². The van der Waals surface area contributed by atoms with Crippen molar-refractivity contribution in [1.82, 2.24) is 5.32 Å². The zero-order chi connectivity index (χ0) is 107. The van der Waals surface area contributed by atoms with Crippen molar-refractivity contribution >= 4 is 201 Å². The molecule has 8 aromatic heterocycles. The number of rotatable bonds is 44. The van der Waals surface area contributed by atoms with Crippen molar-refractivity contribution in [2.75, 3.05) is 69.9 Å². The summed E-state index contributed by atoms with van der Waals surface area (Å²) in [7, 11) is -2.78. The van der Waals surface area contributed by atoms with Crippen LogP contribution in [0.5, 0.6) is 0 Å². The Labute approximate surface area is 945 Å². The average Bonchev–Trinajstić information content (AvgIpc) is 1.55. The van der Waals surface area contributed by atoms with Gasteiger partial charge in [-0.25, -0.2) is 13.2 Å². The summed E-state index contributed by atoms with van der Waals surface area (Å²) in [5, 5.41) is 38.5. The van der Waals surface area contributed by atoms with Gasteiger partial charge in [0.15, 0.2) is 0 Å². The van der Waals surface area contributed by atoms with E-state index in [9.17, 15) is 27.2 Å². The molecule has 0 aliphatic carbocycles. The number of aryl methyl sites for hydroxylation is 1. The van der Waals surface area contributed by atoms with Crippen LogP contribution in [-0.2, 0) is 29.0 Å². The highest BCUT2D eigenvalue weighted by molar-refractivity contribution is 8.00. The molecular formula is C122H158FNO6S16. The molecule has 0 fully saturated rings. The fraction of sp³-hybridized carbons (Fsp3) is 0.467. The van der Waals surface area contributed by atoms with Gasteiger partial charge < -0.3 is 10.1 Å². The number of carbonyl (C=O) groups is 3. The molecule has 24 heteroatoms. The maximum atomic E-state index is 12.0. The Morgan fingerprint density at radius 3 is 1.14 bits per heavy atom. The van der Waals surface area contributed by atoms with E-state index >= 15 is 0 Å². The third-order valence-corrected chi connectivity index (χ3v) is 36.3. The van der Waals surface area contributed by atoms with Crippen LogP contribution in [0.4, 0.5) is 4.39 Å². The zero-order valence-electron chi connectivity index (χ0n) is 89.9. The predicted octanol–water partition coefficient (Wildman–Crippen LogP) is 37.8. The van der Waals surface area contributed by atoms with Gasteiger partial charge in [-0.05, 0) is 172 Å². The van der Waals surface area contributed by atoms with Gasteiger partial charge in [0, 0.05) is 207 Å². The number of carbonyl (C=O) groups excluding carboxylic acids is 3. The van der Waals surface area contributed by atoms with E-state index in [0.29, 0.717) is 43.9 Å². The number of sulfone groups is 1. The number of benzene rings is 2. The summed E-state index contributed by atoms with van der Waals surface area (Å²) in [5.41, 5.74) is 11.6. The molecular weight excluding hydrogens is 2110 g/mol. The lowest BCUT2D eigenvalue weighted by atomic mass is 9.93. The summed E-state index contributed by atoms with van der Waals surface area (Å²) in [6.07, 6.45) is 55.2. The van der Waals surface area contributed by atoms with Crippen LogP contribution in [0.15, 0.2) is 193 Å². The van der Waals surface area contributed by atoms with Crippen molar-refractivity contribution < 1.29 is 31.9 Å². The zero-order valence-corrected chi connectivity index (χ0v) is 103. The molecule has 0 bridgehead atoms. The number of thioether (sulfide) groups is 7. The largest absolute Gasteiger partial charge is 0.456 e. The Morgan fingerprint density at radius 2 is 0.726 bits per heavy atom. The lowest BCUT2D eigenvalue weighted by Gasteiger charge is -2.13. The first kappa shape index (κ1) is 135. The molecule has 0 spiro atoms. The van der Waals surface area contributed by atoms with Crippen molar-refractivity contribution in [3.63, 3.8) is 0 Å². The van der Waals surface area contributed by atoms with Gasteiger partial charge in [-0.15, -0.1) is 162 Å². The Kier molecular flexibility index (Phi) is 84.2. The topological polar surface area (TPSA) is 107 Å². The minimum absolute atomic E-state index is 0.0817. The summed E-state index contributed by atoms with van der Waals surface area (Å²) >= 11 is 25.2. The number of halogens is 1. The van der Waals surface area contributed by atoms with E-state index < -0.39 is 15.8 Å². The molecule has 0 aliphatic rings. The van der Waals surface area contributed by atoms with Gasteiger partial charge in [-0.2, -0.15) is 11.3 Å². The third-order valence-electron chi connectivity index (χ3n) is 22.6. The highest BCUT2D eigenvalue weighted by atomic mass is 32.2. The molecule has 790 valence electrons. The Balaban J connectivity index is 0.000000563. The molecule has 0 saturated heterocycles. The summed E-state index contributed by atoms with van der Waals surface area (Å²) < 4.78 is 38.8. The maximum absolute atomic E-state index is 12.0. The molecule has 0 saturated carbocycles. The molecule has 4 unspecified atom stereocenters. The number of amides is 1. The van der Waals surface area contributed by atoms with Gasteiger partial charge >= 0.3 is 5.97 Å². The summed E-state index contributed by atoms with van der Waals surface area (Å²) in [6.45, 7) is 25.2. The SMILES string of the molecule is CCCCC(CC)CCC(=O)C#Cc1cscc1SC.CCCCC(CC)CCS(=O)(=O)C#Cc1cscc1SC.CCCCC(CC)CNC(=O)C#Cc1cscc1C.CCCCC(CC)COC(=O)C#Cc1cscc1SC.CCCCCC/C=C/C#Cc1cscc1SC.CCCCCCCCC#Cc1cscc1SC.CF.CSc1cscc1C#Cc1ccccc1.CSc1cscc1C#Cc1ccccc1. The monoisotopic (exact) mass is 2260 g/mol. The number of unbranched alkanes of at least 4 members (excludes halogenated alkanes) is 14. The number of hydrogen-bond donors (Lipinski definition) is 1. The average molecular weight is 2270 g/mol. The van der Waals surface area contributed by atoms with Crippen LogP contribution >= 0.6 is 173 Å². The van der Waals surface area contributed by atoms with Crippen LogP contribution in [0.2, 0.25) is 0 Å². The minimum atomic E-state index is -3.28. The van der Waals surface area contributed by atoms with Crippen LogP contribution in [0.1, 0.15) is 329 Å². The lowest BCUT2D eigenvalue weighted by molar-refractivity contribution is -0.138. The molecule has 146 heavy (non-hydrogen) atoms. The fourth-order valence-corrected chi connectivity index (χ4v) is 26.3. The quantitative estimate of drug-likeness (QED) is 0.0170. The van der Waals surface area contributed by atoms with E-state index in [1.165, 1.54) is 165 Å². The van der Waals surface area contributed by atoms with Gasteiger partial charge in [-0.1, -0.05) is 318 Å². The molecule has 8 heterocycles. The fourth-order valence-electron chi connectivity index (χ4n) is 13.4. The minimum Gasteiger partial charge on any atom is -0.456 e. The van der Waals surface area contributed by atoms with Crippen molar-refractivity contribution in [1.29, 1.82) is 0 Å². The van der Waals surface area contributed by atoms with Crippen molar-refractivity contribution in [2.24, 2.45) is 23.7 Å². The number of allylic oxidation sites excluding steroid dienone is 2. The first-order valence-electron chi connectivity index (χ1n) is 50.9. The molecule has 10 rings (SSSR count). The molecule has 0 aliphatic heterocycles. The maximum Gasteiger partial charge on any atom is 0.384 e. The number of esters is 1. The van der Waals surface area contributed by atoms with Gasteiger partial charge in [0.05, 0.1) is 19.5 Å². The lowest BCUT2D eigenvalue weighted by Crippen LogP contribution is -2.27. The second kappa shape index (κ2) is 90.9. The number of Topliss-reactive ketones (excluding diaryl/α,β-unsaturated/α-hetero) is 1. The van der Waals surface area contributed by atoms with E-state index in [1.54, 1.807) is 173 Å². The van der Waals surface area contributed by atoms with Crippen LogP contribution in [0.25, 0.3) is 0 Å². The van der Waals surface area contributed by atoms with E-state index in [4.69, 9.17) is 4.74 Å². The molecule has 1 amide bonds. The summed E-state index contributed by atoms with van der Waals surface area (Å²) in [4.78, 5) is 43.6. The van der Waals surface area contributed by atoms with E-state index in [1.807, 2.05) is 130 Å². The predicted molar refractivity (Wildman–Crippen MR) is 661 cm³/mol. The van der Waals surface area contributed by atoms with Gasteiger partial charge in [0.1, 0.15) is 0 Å². The highest BCUT2D eigenvalue weighted by Crippen LogP contribution is 2.31. The van der Waals surface area contributed by atoms with Crippen molar-refractivity contribution in [2.45, 2.75) is 309 Å². The van der Waals surface area contributed by atoms with Crippen LogP contribution in [-0.4, -0.2) is 95.9 Å². The summed E-state index contributed by atoms with van der Waals surface area (Å²) in [5.74, 6) is 47.2. The Bertz CT molecular complexity index is 5640. The molecule has 10 aromatic rings. The molecule has 0 radical (unpaired) electrons. The molecule has 4 atom stereocenters. The first-order chi connectivity index (χ1) is 71.2. The van der Waals surface area contributed by atoms with Crippen LogP contribution < -0.4 is 5.32 Å². The number of hydrogen-bond acceptors (Lipinski definition) is 21. The van der Waals surface area contributed by atoms with Crippen molar-refractivity contribution in [3.8, 4) is 94.1 Å². The highest BCUT2D eigenvalue weighted by Gasteiger charge is 2.16. The van der Waals surface area contributed by atoms with E-state index in [2.05, 4.69) is 248 Å². The van der Waals surface area contributed by atoms with Crippen LogP contribution in [0, 0.1) is 125 Å². The van der Waals surface area contributed by atoms with E-state index in [0.717, 1.165) is 130 Å². The number of ether oxygens (including phenoxy) is 1. The number of ketones is 1. The first-order valence-corrected chi connectivity index (χ1v) is 68.6. The summed E-state index contributed by atoms with van der Waals surface area (Å²) in [6, 6.07) is 20.1. The number of thiophene rings is 8. The number of nitrogens with one attached hydrogen (secondary N) is 1. The number of alkyl halides is 1. The third kappa shape index (κ3) is 64.1. The Hall–Kier alpha value is -6.80.